The molecule has 0 aliphatic carbocycles. The summed E-state index contributed by atoms with van der Waals surface area (Å²) in [4.78, 5) is 1.07. The van der Waals surface area contributed by atoms with E-state index in [1.54, 1.807) is 11.3 Å². The van der Waals surface area contributed by atoms with Gasteiger partial charge in [-0.05, 0) is 35.6 Å². The maximum Gasteiger partial charge on any atom is 0.0349 e. The van der Waals surface area contributed by atoms with Crippen LogP contribution in [0.3, 0.4) is 0 Å². The fourth-order valence-electron chi connectivity index (χ4n) is 1.49. The van der Waals surface area contributed by atoms with E-state index in [0.717, 1.165) is 10.2 Å². The van der Waals surface area contributed by atoms with E-state index < -0.39 is 0 Å². The number of fused-ring (bicyclic) bond motifs is 1. The number of thiophene rings is 1. The van der Waals surface area contributed by atoms with Crippen molar-refractivity contribution in [2.75, 3.05) is 0 Å². The molecule has 0 aliphatic heterocycles. The van der Waals surface area contributed by atoms with Crippen LogP contribution >= 0.6 is 39.9 Å². The first-order valence-electron chi connectivity index (χ1n) is 3.98. The summed E-state index contributed by atoms with van der Waals surface area (Å²) in [7, 11) is 0. The Hall–Kier alpha value is 0.01000. The van der Waals surface area contributed by atoms with E-state index in [2.05, 4.69) is 53.0 Å². The fourth-order valence-corrected chi connectivity index (χ4v) is 3.53. The lowest BCUT2D eigenvalue weighted by molar-refractivity contribution is 1.33. The van der Waals surface area contributed by atoms with E-state index in [4.69, 9.17) is 0 Å². The van der Waals surface area contributed by atoms with Gasteiger partial charge in [0, 0.05) is 20.3 Å². The smallest absolute Gasteiger partial charge is 0.0349 e. The Morgan fingerprint density at radius 3 is 2.92 bits per heavy atom. The van der Waals surface area contributed by atoms with Crippen LogP contribution in [0.1, 0.15) is 11.1 Å². The van der Waals surface area contributed by atoms with Crippen LogP contribution in [0.25, 0.3) is 10.1 Å². The lowest BCUT2D eigenvalue weighted by atomic mass is 10.1. The van der Waals surface area contributed by atoms with Crippen LogP contribution in [-0.4, -0.2) is 0 Å². The van der Waals surface area contributed by atoms with Crippen LogP contribution in [0, 0.1) is 6.92 Å². The molecule has 0 radical (unpaired) electrons. The second-order valence-corrected chi connectivity index (χ2v) is 4.94. The van der Waals surface area contributed by atoms with Gasteiger partial charge in [0.1, 0.15) is 0 Å². The molecular weight excluding hydrogens is 264 g/mol. The van der Waals surface area contributed by atoms with Gasteiger partial charge in [-0.1, -0.05) is 15.9 Å². The molecule has 0 spiro atoms. The lowest BCUT2D eigenvalue weighted by Gasteiger charge is -2.03. The first-order valence-corrected chi connectivity index (χ1v) is 6.43. The minimum atomic E-state index is 0.876. The van der Waals surface area contributed by atoms with Crippen molar-refractivity contribution in [2.45, 2.75) is 17.1 Å². The van der Waals surface area contributed by atoms with E-state index in [-0.39, 0.29) is 0 Å². The number of hydrogen-bond acceptors (Lipinski definition) is 2. The summed E-state index contributed by atoms with van der Waals surface area (Å²) in [6.45, 7) is 2.15. The molecular formula is C10H9BrS2. The minimum Gasteiger partial charge on any atom is -0.144 e. The number of rotatable bonds is 1. The van der Waals surface area contributed by atoms with Gasteiger partial charge in [-0.3, -0.25) is 0 Å². The molecule has 0 saturated heterocycles. The van der Waals surface area contributed by atoms with Gasteiger partial charge < -0.3 is 0 Å². The van der Waals surface area contributed by atoms with Crippen molar-refractivity contribution in [1.82, 2.24) is 0 Å². The molecule has 13 heavy (non-hydrogen) atoms. The number of halogens is 1. The summed E-state index contributed by atoms with van der Waals surface area (Å²) >= 11 is 9.75. The highest BCUT2D eigenvalue weighted by atomic mass is 79.9. The van der Waals surface area contributed by atoms with Crippen molar-refractivity contribution in [3.05, 3.63) is 28.6 Å². The Bertz CT molecular complexity index is 445. The predicted octanol–water partition coefficient (Wildman–Crippen LogP) is 4.39. The van der Waals surface area contributed by atoms with Crippen molar-refractivity contribution in [3.63, 3.8) is 0 Å². The third-order valence-corrected chi connectivity index (χ3v) is 4.19. The molecule has 0 fully saturated rings. The molecule has 0 nitrogen and oxygen atoms in total. The van der Waals surface area contributed by atoms with Crippen LogP contribution in [0.15, 0.2) is 22.4 Å². The highest BCUT2D eigenvalue weighted by molar-refractivity contribution is 9.08. The molecule has 68 valence electrons. The zero-order chi connectivity index (χ0) is 9.42. The number of thiol groups is 1. The van der Waals surface area contributed by atoms with Gasteiger partial charge >= 0.3 is 0 Å². The van der Waals surface area contributed by atoms with Crippen molar-refractivity contribution >= 4 is 50.0 Å². The first kappa shape index (κ1) is 9.56. The predicted molar refractivity (Wildman–Crippen MR) is 66.4 cm³/mol. The summed E-state index contributed by atoms with van der Waals surface area (Å²) in [5.74, 6) is 0. The number of aryl methyl sites for hydroxylation is 1. The second-order valence-electron chi connectivity index (χ2n) is 2.99. The van der Waals surface area contributed by atoms with E-state index >= 15 is 0 Å². The summed E-state index contributed by atoms with van der Waals surface area (Å²) in [5, 5.41) is 4.44. The third-order valence-electron chi connectivity index (χ3n) is 2.14. The van der Waals surface area contributed by atoms with Crippen LogP contribution < -0.4 is 0 Å². The monoisotopic (exact) mass is 272 g/mol. The highest BCUT2D eigenvalue weighted by Crippen LogP contribution is 2.33. The molecule has 1 aromatic heterocycles. The maximum absolute atomic E-state index is 4.45. The Morgan fingerprint density at radius 2 is 2.23 bits per heavy atom. The summed E-state index contributed by atoms with van der Waals surface area (Å²) in [6.07, 6.45) is 0. The molecule has 0 saturated carbocycles. The van der Waals surface area contributed by atoms with Gasteiger partial charge in [-0.25, -0.2) is 0 Å². The van der Waals surface area contributed by atoms with E-state index in [0.29, 0.717) is 0 Å². The fraction of sp³-hybridized carbons (Fsp3) is 0.200. The zero-order valence-corrected chi connectivity index (χ0v) is 10.5. The molecule has 0 atom stereocenters. The Morgan fingerprint density at radius 1 is 1.46 bits per heavy atom. The average molecular weight is 273 g/mol. The topological polar surface area (TPSA) is 0 Å². The Labute approximate surface area is 95.5 Å². The summed E-state index contributed by atoms with van der Waals surface area (Å²) in [5.41, 5.74) is 2.66. The highest BCUT2D eigenvalue weighted by Gasteiger charge is 2.07. The SMILES string of the molecule is Cc1csc2ccc(S)c(CBr)c12. The van der Waals surface area contributed by atoms with Gasteiger partial charge in [0.05, 0.1) is 0 Å². The van der Waals surface area contributed by atoms with Crippen LogP contribution in [0.2, 0.25) is 0 Å². The lowest BCUT2D eigenvalue weighted by Crippen LogP contribution is -1.83. The minimum absolute atomic E-state index is 0.876. The summed E-state index contributed by atoms with van der Waals surface area (Å²) < 4.78 is 1.35. The van der Waals surface area contributed by atoms with Crippen molar-refractivity contribution in [1.29, 1.82) is 0 Å². The third kappa shape index (κ3) is 1.53. The number of alkyl halides is 1. The molecule has 0 unspecified atom stereocenters. The number of hydrogen-bond donors (Lipinski definition) is 1. The molecule has 3 heteroatoms. The summed E-state index contributed by atoms with van der Waals surface area (Å²) in [6, 6.07) is 4.21. The molecule has 0 aliphatic rings. The van der Waals surface area contributed by atoms with Crippen LogP contribution in [0.4, 0.5) is 0 Å². The van der Waals surface area contributed by atoms with Crippen molar-refractivity contribution in [3.8, 4) is 0 Å². The van der Waals surface area contributed by atoms with Gasteiger partial charge in [0.2, 0.25) is 0 Å². The van der Waals surface area contributed by atoms with Crippen molar-refractivity contribution < 1.29 is 0 Å². The molecule has 0 amide bonds. The standard InChI is InChI=1S/C10H9BrS2/c1-6-5-13-9-3-2-8(12)7(4-11)10(6)9/h2-3,5,12H,4H2,1H3. The van der Waals surface area contributed by atoms with E-state index in [9.17, 15) is 0 Å². The Kier molecular flexibility index (Phi) is 2.67. The van der Waals surface area contributed by atoms with Crippen LogP contribution in [0.5, 0.6) is 0 Å². The van der Waals surface area contributed by atoms with E-state index in [1.807, 2.05) is 0 Å². The first-order chi connectivity index (χ1) is 6.24. The maximum atomic E-state index is 4.45. The molecule has 0 N–H and O–H groups in total. The van der Waals surface area contributed by atoms with Gasteiger partial charge in [0.25, 0.3) is 0 Å². The average Bonchev–Trinajstić information content (AvgIpc) is 2.49. The van der Waals surface area contributed by atoms with E-state index in [1.165, 1.54) is 21.2 Å². The van der Waals surface area contributed by atoms with Crippen molar-refractivity contribution in [2.24, 2.45) is 0 Å². The number of benzene rings is 1. The van der Waals surface area contributed by atoms with Gasteiger partial charge in [0.15, 0.2) is 0 Å². The van der Waals surface area contributed by atoms with Gasteiger partial charge in [-0.15, -0.1) is 24.0 Å². The second kappa shape index (κ2) is 3.64. The Balaban J connectivity index is 2.88. The van der Waals surface area contributed by atoms with Crippen LogP contribution in [-0.2, 0) is 5.33 Å². The molecule has 1 aromatic carbocycles. The largest absolute Gasteiger partial charge is 0.144 e. The zero-order valence-electron chi connectivity index (χ0n) is 7.17. The molecule has 2 aromatic rings. The van der Waals surface area contributed by atoms with Gasteiger partial charge in [-0.2, -0.15) is 0 Å². The molecule has 1 heterocycles. The quantitative estimate of drug-likeness (QED) is 0.578. The molecule has 2 rings (SSSR count). The normalized spacial score (nSPS) is 11.0. The molecule has 0 bridgehead atoms.